The summed E-state index contributed by atoms with van der Waals surface area (Å²) >= 11 is 0. The van der Waals surface area contributed by atoms with Crippen molar-refractivity contribution >= 4 is 41.4 Å². The van der Waals surface area contributed by atoms with Gasteiger partial charge in [-0.25, -0.2) is 4.79 Å². The molecule has 0 radical (unpaired) electrons. The van der Waals surface area contributed by atoms with Crippen LogP contribution in [0, 0.1) is 22.7 Å². The van der Waals surface area contributed by atoms with E-state index in [4.69, 9.17) is 0 Å². The van der Waals surface area contributed by atoms with Crippen LogP contribution in [0.2, 0.25) is 0 Å². The summed E-state index contributed by atoms with van der Waals surface area (Å²) in [5.74, 6) is -4.10. The number of piperidine rings is 1. The van der Waals surface area contributed by atoms with E-state index in [1.54, 1.807) is 44.4 Å². The van der Waals surface area contributed by atoms with E-state index in [2.05, 4.69) is 26.6 Å². The molecule has 1 aromatic carbocycles. The lowest BCUT2D eigenvalue weighted by atomic mass is 9.85. The number of likely N-dealkylation sites (N-methyl/N-ethyl adjacent to an activating group) is 1. The van der Waals surface area contributed by atoms with Crippen LogP contribution in [0.25, 0.3) is 0 Å². The predicted molar refractivity (Wildman–Crippen MR) is 192 cm³/mol. The molecule has 14 heteroatoms. The van der Waals surface area contributed by atoms with Crippen molar-refractivity contribution in [1.29, 1.82) is 0 Å². The molecule has 0 spiro atoms. The summed E-state index contributed by atoms with van der Waals surface area (Å²) in [7, 11) is 3.12. The van der Waals surface area contributed by atoms with Crippen molar-refractivity contribution in [1.82, 2.24) is 36.4 Å². The zero-order valence-corrected chi connectivity index (χ0v) is 31.7. The molecule has 6 atom stereocenters. The van der Waals surface area contributed by atoms with Gasteiger partial charge in [-0.2, -0.15) is 0 Å². The van der Waals surface area contributed by atoms with Crippen LogP contribution in [-0.4, -0.2) is 103 Å². The highest BCUT2D eigenvalue weighted by molar-refractivity contribution is 6.38. The average molecular weight is 712 g/mol. The molecule has 0 aromatic heterocycles. The monoisotopic (exact) mass is 711 g/mol. The van der Waals surface area contributed by atoms with Gasteiger partial charge in [-0.05, 0) is 48.5 Å². The number of likely N-dealkylation sites (tertiary alicyclic amines) is 1. The maximum atomic E-state index is 14.1. The van der Waals surface area contributed by atoms with E-state index in [1.165, 1.54) is 9.80 Å². The molecule has 6 unspecified atom stereocenters. The first-order valence-electron chi connectivity index (χ1n) is 17.8. The molecule has 1 aliphatic heterocycles. The number of ketones is 1. The Morgan fingerprint density at radius 2 is 1.57 bits per heavy atom. The number of fused-ring (bicyclic) bond motifs is 1. The molecule has 1 saturated heterocycles. The summed E-state index contributed by atoms with van der Waals surface area (Å²) in [6.07, 6.45) is 1.39. The van der Waals surface area contributed by atoms with Crippen molar-refractivity contribution in [3.8, 4) is 0 Å². The summed E-state index contributed by atoms with van der Waals surface area (Å²) in [5, 5.41) is 13.3. The number of benzene rings is 1. The largest absolute Gasteiger partial charge is 0.347 e. The Morgan fingerprint density at radius 1 is 0.941 bits per heavy atom. The van der Waals surface area contributed by atoms with Crippen LogP contribution in [0.15, 0.2) is 30.3 Å². The average Bonchev–Trinajstić information content (AvgIpc) is 3.36. The number of hydrogen-bond acceptors (Lipinski definition) is 7. The predicted octanol–water partition coefficient (Wildman–Crippen LogP) is 1.90. The van der Waals surface area contributed by atoms with Crippen molar-refractivity contribution in [2.24, 2.45) is 22.7 Å². The Bertz CT molecular complexity index is 1470. The Balaban J connectivity index is 1.75. The number of nitrogens with zero attached hydrogens (tertiary/aromatic N) is 2. The molecule has 1 aromatic rings. The Morgan fingerprint density at radius 3 is 2.12 bits per heavy atom. The fourth-order valence-electron chi connectivity index (χ4n) is 6.81. The number of carbonyl (C=O) groups is 7. The van der Waals surface area contributed by atoms with Crippen molar-refractivity contribution < 1.29 is 33.6 Å². The third kappa shape index (κ3) is 10.1. The standard InChI is InChI=1S/C37H57N7O7/c1-11-12-18-24(29(46)32(48)38-19-25(45)41-27(33(49)43(9)10)22-16-14-13-15-17-22)40-31(47)28-26-23(37(26,7)8)20-44(28)34(50)30(36(4,5)6)42-35(51)39-21(2)3/h13-17,21,23-24,26-28,30H,11-12,18-20H2,1-10H3,(H,38,48)(H,40,47)(H,41,45)(H2,39,42,51). The Hall–Kier alpha value is -4.49. The second-order valence-electron chi connectivity index (χ2n) is 15.9. The number of urea groups is 1. The third-order valence-corrected chi connectivity index (χ3v) is 9.81. The molecule has 282 valence electrons. The SMILES string of the molecule is CCCCC(NC(=O)C1C2C(CN1C(=O)C(NC(=O)NC(C)C)C(C)(C)C)C2(C)C)C(=O)C(=O)NCC(=O)NC(C(=O)N(C)C)c1ccccc1. The van der Waals surface area contributed by atoms with Gasteiger partial charge in [-0.1, -0.05) is 84.7 Å². The molecule has 7 amide bonds. The fourth-order valence-corrected chi connectivity index (χ4v) is 6.81. The maximum absolute atomic E-state index is 14.1. The van der Waals surface area contributed by atoms with Crippen LogP contribution >= 0.6 is 0 Å². The summed E-state index contributed by atoms with van der Waals surface area (Å²) in [5.41, 5.74) is -0.352. The molecule has 2 fully saturated rings. The first-order valence-corrected chi connectivity index (χ1v) is 17.8. The highest BCUT2D eigenvalue weighted by atomic mass is 16.2. The molecule has 3 rings (SSSR count). The lowest BCUT2D eigenvalue weighted by Crippen LogP contribution is -2.61. The first kappa shape index (κ1) is 40.9. The Kier molecular flexibility index (Phi) is 13.4. The minimum Gasteiger partial charge on any atom is -0.347 e. The quantitative estimate of drug-likeness (QED) is 0.172. The van der Waals surface area contributed by atoms with E-state index in [1.807, 2.05) is 55.4 Å². The highest BCUT2D eigenvalue weighted by Crippen LogP contribution is 2.65. The molecular formula is C37H57N7O7. The zero-order valence-electron chi connectivity index (χ0n) is 31.7. The minimum atomic E-state index is -1.20. The molecule has 1 saturated carbocycles. The van der Waals surface area contributed by atoms with Crippen LogP contribution in [0.3, 0.4) is 0 Å². The van der Waals surface area contributed by atoms with Crippen LogP contribution in [0.4, 0.5) is 4.79 Å². The molecule has 14 nitrogen and oxygen atoms in total. The minimum absolute atomic E-state index is 0.0491. The summed E-state index contributed by atoms with van der Waals surface area (Å²) in [6, 6.07) is 3.97. The zero-order chi connectivity index (χ0) is 38.4. The van der Waals surface area contributed by atoms with Crippen LogP contribution in [0.1, 0.15) is 86.3 Å². The molecule has 0 bridgehead atoms. The van der Waals surface area contributed by atoms with E-state index in [0.29, 0.717) is 24.9 Å². The van der Waals surface area contributed by atoms with E-state index in [-0.39, 0.29) is 35.6 Å². The molecule has 51 heavy (non-hydrogen) atoms. The van der Waals surface area contributed by atoms with Gasteiger partial charge >= 0.3 is 6.03 Å². The van der Waals surface area contributed by atoms with Gasteiger partial charge in [0.15, 0.2) is 0 Å². The number of carbonyl (C=O) groups excluding carboxylic acids is 7. The van der Waals surface area contributed by atoms with Gasteiger partial charge in [0.2, 0.25) is 29.4 Å². The van der Waals surface area contributed by atoms with Gasteiger partial charge < -0.3 is 36.4 Å². The number of nitrogens with one attached hydrogen (secondary N) is 5. The van der Waals surface area contributed by atoms with Gasteiger partial charge in [0.1, 0.15) is 18.1 Å². The fraction of sp³-hybridized carbons (Fsp3) is 0.649. The van der Waals surface area contributed by atoms with Gasteiger partial charge in [0.25, 0.3) is 5.91 Å². The van der Waals surface area contributed by atoms with Crippen LogP contribution in [-0.2, 0) is 28.8 Å². The van der Waals surface area contributed by atoms with Crippen molar-refractivity contribution in [2.45, 2.75) is 105 Å². The van der Waals surface area contributed by atoms with Gasteiger partial charge in [-0.3, -0.25) is 28.8 Å². The second-order valence-corrected chi connectivity index (χ2v) is 15.9. The third-order valence-electron chi connectivity index (χ3n) is 9.81. The topological polar surface area (TPSA) is 186 Å². The summed E-state index contributed by atoms with van der Waals surface area (Å²) < 4.78 is 0. The summed E-state index contributed by atoms with van der Waals surface area (Å²) in [4.78, 5) is 96.0. The lowest BCUT2D eigenvalue weighted by Gasteiger charge is -2.38. The van der Waals surface area contributed by atoms with Crippen LogP contribution in [0.5, 0.6) is 0 Å². The van der Waals surface area contributed by atoms with E-state index in [0.717, 1.165) is 0 Å². The van der Waals surface area contributed by atoms with Crippen molar-refractivity contribution in [3.05, 3.63) is 35.9 Å². The number of amides is 7. The Labute approximate surface area is 301 Å². The first-order chi connectivity index (χ1) is 23.7. The maximum Gasteiger partial charge on any atom is 0.315 e. The number of Topliss-reactive ketones (excluding diaryl/α,β-unsaturated/α-hetero) is 1. The van der Waals surface area contributed by atoms with Crippen LogP contribution < -0.4 is 26.6 Å². The van der Waals surface area contributed by atoms with Crippen molar-refractivity contribution in [3.63, 3.8) is 0 Å². The number of hydrogen-bond donors (Lipinski definition) is 5. The lowest BCUT2D eigenvalue weighted by molar-refractivity contribution is -0.145. The molecule has 1 aliphatic carbocycles. The van der Waals surface area contributed by atoms with Gasteiger partial charge in [0, 0.05) is 26.7 Å². The van der Waals surface area contributed by atoms with Gasteiger partial charge in [0.05, 0.1) is 12.6 Å². The molecular weight excluding hydrogens is 654 g/mol. The summed E-state index contributed by atoms with van der Waals surface area (Å²) in [6.45, 7) is 14.9. The van der Waals surface area contributed by atoms with Crippen molar-refractivity contribution in [2.75, 3.05) is 27.2 Å². The number of unbranched alkanes of at least 4 members (excludes halogenated alkanes) is 1. The molecule has 2 aliphatic rings. The number of rotatable bonds is 15. The smallest absolute Gasteiger partial charge is 0.315 e. The van der Waals surface area contributed by atoms with E-state index in [9.17, 15) is 33.6 Å². The molecule has 1 heterocycles. The normalized spacial score (nSPS) is 20.6. The second kappa shape index (κ2) is 16.7. The van der Waals surface area contributed by atoms with E-state index < -0.39 is 71.6 Å². The van der Waals surface area contributed by atoms with Gasteiger partial charge in [-0.15, -0.1) is 0 Å². The highest BCUT2D eigenvalue weighted by Gasteiger charge is 2.70. The van der Waals surface area contributed by atoms with E-state index >= 15 is 0 Å². The molecule has 5 N–H and O–H groups in total.